The summed E-state index contributed by atoms with van der Waals surface area (Å²) >= 11 is 5.70. The van der Waals surface area contributed by atoms with Crippen molar-refractivity contribution in [1.29, 1.82) is 0 Å². The Kier molecular flexibility index (Phi) is 8.67. The van der Waals surface area contributed by atoms with Gasteiger partial charge in [-0.15, -0.1) is 0 Å². The second kappa shape index (κ2) is 11.7. The van der Waals surface area contributed by atoms with E-state index in [-0.39, 0.29) is 11.7 Å². The van der Waals surface area contributed by atoms with Crippen molar-refractivity contribution in [2.45, 2.75) is 6.61 Å². The fraction of sp³-hybridized carbons (Fsp3) is 0.115. The van der Waals surface area contributed by atoms with E-state index in [1.807, 2.05) is 18.2 Å². The predicted molar refractivity (Wildman–Crippen MR) is 156 cm³/mol. The minimum absolute atomic E-state index is 0.147. The van der Waals surface area contributed by atoms with Gasteiger partial charge in [0.05, 0.1) is 30.4 Å². The summed E-state index contributed by atoms with van der Waals surface area (Å²) in [7, 11) is 3.01. The van der Waals surface area contributed by atoms with Gasteiger partial charge in [-0.25, -0.2) is 14.2 Å². The molecule has 36 heavy (non-hydrogen) atoms. The molecule has 0 aliphatic carbocycles. The summed E-state index contributed by atoms with van der Waals surface area (Å²) in [4.78, 5) is 31.1. The molecule has 0 atom stereocenters. The molecule has 0 aromatic heterocycles. The van der Waals surface area contributed by atoms with E-state index in [0.717, 1.165) is 24.0 Å². The standard InChI is InChI=1S/C26H19FI2N2O4S/c1-31-24(32)22(36-26(31)30-19-9-5-17(6-10-19)25(33)34-2)13-16-11-20(28)23(21(29)12-16)35-14-15-3-7-18(27)8-4-15/h3-13H,14H2,1-2H3. The summed E-state index contributed by atoms with van der Waals surface area (Å²) < 4.78 is 25.6. The molecule has 1 amide bonds. The molecule has 1 aliphatic heterocycles. The number of amides is 1. The number of nitrogens with zero attached hydrogens (tertiary/aromatic N) is 2. The Bertz CT molecular complexity index is 1350. The van der Waals surface area contributed by atoms with Crippen molar-refractivity contribution in [3.8, 4) is 5.75 Å². The van der Waals surface area contributed by atoms with E-state index in [1.54, 1.807) is 43.4 Å². The lowest BCUT2D eigenvalue weighted by molar-refractivity contribution is -0.121. The fourth-order valence-electron chi connectivity index (χ4n) is 3.24. The number of esters is 1. The van der Waals surface area contributed by atoms with Gasteiger partial charge in [0, 0.05) is 7.05 Å². The molecule has 1 aliphatic rings. The summed E-state index contributed by atoms with van der Waals surface area (Å²) in [5, 5.41) is 0.542. The first-order valence-corrected chi connectivity index (χ1v) is 13.5. The highest BCUT2D eigenvalue weighted by atomic mass is 127. The molecule has 1 saturated heterocycles. The molecule has 0 unspecified atom stereocenters. The van der Waals surface area contributed by atoms with Crippen LogP contribution < -0.4 is 4.74 Å². The number of thioether (sulfide) groups is 1. The molecular formula is C26H19FI2N2O4S. The van der Waals surface area contributed by atoms with Crippen LogP contribution in [0.4, 0.5) is 10.1 Å². The number of likely N-dealkylation sites (N-methyl/N-ethyl adjacent to an activating group) is 1. The van der Waals surface area contributed by atoms with E-state index in [1.165, 1.54) is 35.9 Å². The van der Waals surface area contributed by atoms with Crippen LogP contribution in [0.2, 0.25) is 0 Å². The van der Waals surface area contributed by atoms with E-state index < -0.39 is 5.97 Å². The highest BCUT2D eigenvalue weighted by Gasteiger charge is 2.30. The molecule has 184 valence electrons. The molecule has 0 radical (unpaired) electrons. The van der Waals surface area contributed by atoms with Crippen LogP contribution in [0.15, 0.2) is 70.6 Å². The minimum atomic E-state index is -0.418. The summed E-state index contributed by atoms with van der Waals surface area (Å²) in [6.07, 6.45) is 1.83. The van der Waals surface area contributed by atoms with Gasteiger partial charge in [0.25, 0.3) is 5.91 Å². The zero-order chi connectivity index (χ0) is 25.8. The Balaban J connectivity index is 1.51. The Hall–Kier alpha value is -2.45. The number of hydrogen-bond acceptors (Lipinski definition) is 6. The van der Waals surface area contributed by atoms with Gasteiger partial charge in [0.2, 0.25) is 0 Å². The highest BCUT2D eigenvalue weighted by molar-refractivity contribution is 14.1. The predicted octanol–water partition coefficient (Wildman–Crippen LogP) is 6.63. The molecular weight excluding hydrogens is 709 g/mol. The van der Waals surface area contributed by atoms with Crippen LogP contribution in [-0.2, 0) is 16.1 Å². The second-order valence-corrected chi connectivity index (χ2v) is 11.0. The van der Waals surface area contributed by atoms with Crippen LogP contribution in [0.25, 0.3) is 6.08 Å². The van der Waals surface area contributed by atoms with Crippen molar-refractivity contribution in [2.75, 3.05) is 14.2 Å². The lowest BCUT2D eigenvalue weighted by Crippen LogP contribution is -2.23. The Morgan fingerprint density at radius 3 is 2.33 bits per heavy atom. The number of rotatable bonds is 6. The topological polar surface area (TPSA) is 68.2 Å². The smallest absolute Gasteiger partial charge is 0.337 e. The Labute approximate surface area is 239 Å². The Morgan fingerprint density at radius 1 is 1.08 bits per heavy atom. The first-order valence-electron chi connectivity index (χ1n) is 10.6. The number of carbonyl (C=O) groups excluding carboxylic acids is 2. The molecule has 0 N–H and O–H groups in total. The van der Waals surface area contributed by atoms with Crippen LogP contribution in [0.3, 0.4) is 0 Å². The van der Waals surface area contributed by atoms with Crippen LogP contribution in [0.1, 0.15) is 21.5 Å². The van der Waals surface area contributed by atoms with Crippen LogP contribution in [0, 0.1) is 13.0 Å². The Morgan fingerprint density at radius 2 is 1.72 bits per heavy atom. The molecule has 0 bridgehead atoms. The molecule has 3 aromatic carbocycles. The molecule has 1 fully saturated rings. The third-order valence-corrected chi connectivity index (χ3v) is 7.79. The number of amidine groups is 1. The maximum absolute atomic E-state index is 13.1. The van der Waals surface area contributed by atoms with Crippen LogP contribution in [0.5, 0.6) is 5.75 Å². The van der Waals surface area contributed by atoms with E-state index in [9.17, 15) is 14.0 Å². The maximum Gasteiger partial charge on any atom is 0.337 e. The highest BCUT2D eigenvalue weighted by Crippen LogP contribution is 2.35. The van der Waals surface area contributed by atoms with Gasteiger partial charge in [-0.1, -0.05) is 12.1 Å². The zero-order valence-corrected chi connectivity index (χ0v) is 24.3. The molecule has 3 aromatic rings. The normalized spacial score (nSPS) is 15.6. The second-order valence-electron chi connectivity index (χ2n) is 7.64. The number of methoxy groups -OCH3 is 1. The van der Waals surface area contributed by atoms with Gasteiger partial charge in [-0.2, -0.15) is 0 Å². The minimum Gasteiger partial charge on any atom is -0.487 e. The lowest BCUT2D eigenvalue weighted by atomic mass is 10.2. The van der Waals surface area contributed by atoms with Crippen molar-refractivity contribution >= 4 is 85.8 Å². The maximum atomic E-state index is 13.1. The van der Waals surface area contributed by atoms with Gasteiger partial charge in [0.1, 0.15) is 18.2 Å². The average molecular weight is 728 g/mol. The third kappa shape index (κ3) is 6.27. The summed E-state index contributed by atoms with van der Waals surface area (Å²) in [5.41, 5.74) is 2.79. The number of benzene rings is 3. The van der Waals surface area contributed by atoms with Crippen molar-refractivity contribution in [2.24, 2.45) is 4.99 Å². The molecule has 0 spiro atoms. The van der Waals surface area contributed by atoms with E-state index >= 15 is 0 Å². The first kappa shape index (κ1) is 26.6. The molecule has 4 rings (SSSR count). The van der Waals surface area contributed by atoms with Gasteiger partial charge >= 0.3 is 5.97 Å². The summed E-state index contributed by atoms with van der Waals surface area (Å²) in [5.74, 6) is -0.109. The summed E-state index contributed by atoms with van der Waals surface area (Å²) in [6.45, 7) is 0.326. The first-order chi connectivity index (χ1) is 17.2. The zero-order valence-electron chi connectivity index (χ0n) is 19.1. The number of hydrogen-bond donors (Lipinski definition) is 0. The number of carbonyl (C=O) groups is 2. The number of aliphatic imine (C=N–C) groups is 1. The van der Waals surface area contributed by atoms with Crippen LogP contribution >= 0.6 is 56.9 Å². The van der Waals surface area contributed by atoms with Gasteiger partial charge < -0.3 is 9.47 Å². The van der Waals surface area contributed by atoms with E-state index in [4.69, 9.17) is 9.47 Å². The number of ether oxygens (including phenoxy) is 2. The molecule has 1 heterocycles. The van der Waals surface area contributed by atoms with E-state index in [2.05, 4.69) is 50.2 Å². The van der Waals surface area contributed by atoms with Crippen molar-refractivity contribution in [3.05, 3.63) is 95.2 Å². The monoisotopic (exact) mass is 728 g/mol. The molecule has 0 saturated carbocycles. The lowest BCUT2D eigenvalue weighted by Gasteiger charge is -2.12. The van der Waals surface area contributed by atoms with Gasteiger partial charge in [-0.05, 0) is 123 Å². The van der Waals surface area contributed by atoms with Crippen molar-refractivity contribution < 1.29 is 23.5 Å². The SMILES string of the molecule is COC(=O)c1ccc(N=C2SC(=Cc3cc(I)c(OCc4ccc(F)cc4)c(I)c3)C(=O)N2C)cc1. The van der Waals surface area contributed by atoms with Gasteiger partial charge in [0.15, 0.2) is 5.17 Å². The van der Waals surface area contributed by atoms with E-state index in [0.29, 0.717) is 27.9 Å². The number of halogens is 3. The molecule has 6 nitrogen and oxygen atoms in total. The quantitative estimate of drug-likeness (QED) is 0.162. The molecule has 10 heteroatoms. The van der Waals surface area contributed by atoms with Crippen LogP contribution in [-0.4, -0.2) is 36.1 Å². The average Bonchev–Trinajstić information content (AvgIpc) is 3.12. The van der Waals surface area contributed by atoms with Gasteiger partial charge in [-0.3, -0.25) is 9.69 Å². The van der Waals surface area contributed by atoms with Crippen molar-refractivity contribution in [1.82, 2.24) is 4.90 Å². The third-order valence-electron chi connectivity index (χ3n) is 5.13. The largest absolute Gasteiger partial charge is 0.487 e. The fourth-order valence-corrected chi connectivity index (χ4v) is 6.35. The van der Waals surface area contributed by atoms with Crippen molar-refractivity contribution in [3.63, 3.8) is 0 Å². The summed E-state index contributed by atoms with van der Waals surface area (Å²) in [6, 6.07) is 16.8.